The number of rotatable bonds is 7. The zero-order valence-electron chi connectivity index (χ0n) is 14.3. The Morgan fingerprint density at radius 3 is 2.29 bits per heavy atom. The quantitative estimate of drug-likeness (QED) is 0.589. The van der Waals surface area contributed by atoms with E-state index in [9.17, 15) is 0 Å². The number of anilines is 1. The van der Waals surface area contributed by atoms with E-state index in [1.165, 1.54) is 37.9 Å². The van der Waals surface area contributed by atoms with Gasteiger partial charge in [0.2, 0.25) is 0 Å². The molecule has 0 bridgehead atoms. The molecule has 2 aromatic carbocycles. The highest BCUT2D eigenvalue weighted by Gasteiger charge is 2.14. The largest absolute Gasteiger partial charge is 0.303 e. The Labute approximate surface area is 145 Å². The van der Waals surface area contributed by atoms with Crippen molar-refractivity contribution in [1.29, 1.82) is 0 Å². The second-order valence-corrected chi connectivity index (χ2v) is 6.46. The predicted octanol–water partition coefficient (Wildman–Crippen LogP) is 4.74. The smallest absolute Gasteiger partial charge is 0.0561 e. The van der Waals surface area contributed by atoms with Crippen LogP contribution in [0.25, 0.3) is 0 Å². The zero-order chi connectivity index (χ0) is 16.5. The molecule has 1 unspecified atom stereocenters. The molecule has 3 nitrogen and oxygen atoms in total. The molecule has 1 heterocycles. The summed E-state index contributed by atoms with van der Waals surface area (Å²) in [5, 5.41) is 4.49. The highest BCUT2D eigenvalue weighted by Crippen LogP contribution is 2.19. The van der Waals surface area contributed by atoms with E-state index in [-0.39, 0.29) is 0 Å². The molecule has 0 aromatic heterocycles. The Hall–Kier alpha value is -2.13. The summed E-state index contributed by atoms with van der Waals surface area (Å²) in [6.07, 6.45) is 7.26. The van der Waals surface area contributed by atoms with Gasteiger partial charge in [-0.3, -0.25) is 5.43 Å². The van der Waals surface area contributed by atoms with Gasteiger partial charge in [0, 0.05) is 12.1 Å². The molecule has 3 heteroatoms. The van der Waals surface area contributed by atoms with Crippen LogP contribution in [0, 0.1) is 0 Å². The Morgan fingerprint density at radius 1 is 0.917 bits per heavy atom. The summed E-state index contributed by atoms with van der Waals surface area (Å²) in [4.78, 5) is 2.60. The molecule has 2 aromatic rings. The number of likely N-dealkylation sites (tertiary alicyclic amines) is 1. The SMILES string of the molecule is C(=N\Nc1ccccc1)/C(CCN1CCCCC1)c1ccccc1. The fourth-order valence-corrected chi connectivity index (χ4v) is 3.25. The van der Waals surface area contributed by atoms with Crippen molar-refractivity contribution >= 4 is 11.9 Å². The van der Waals surface area contributed by atoms with E-state index in [4.69, 9.17) is 0 Å². The van der Waals surface area contributed by atoms with E-state index < -0.39 is 0 Å². The first kappa shape index (κ1) is 16.7. The van der Waals surface area contributed by atoms with Crippen LogP contribution in [0.1, 0.15) is 37.2 Å². The van der Waals surface area contributed by atoms with Crippen molar-refractivity contribution in [3.05, 3.63) is 66.2 Å². The molecule has 24 heavy (non-hydrogen) atoms. The standard InChI is InChI=1S/C21H27N3/c1-4-10-19(11-5-1)20(14-17-24-15-8-3-9-16-24)18-22-23-21-12-6-2-7-13-21/h1-2,4-7,10-13,18,20,23H,3,8-9,14-17H2/b22-18+. The number of hydrogen-bond acceptors (Lipinski definition) is 3. The normalized spacial score (nSPS) is 17.0. The third kappa shape index (κ3) is 5.20. The van der Waals surface area contributed by atoms with E-state index in [2.05, 4.69) is 52.0 Å². The summed E-state index contributed by atoms with van der Waals surface area (Å²) in [6, 6.07) is 20.8. The molecule has 3 rings (SSSR count). The summed E-state index contributed by atoms with van der Waals surface area (Å²) in [5.74, 6) is 0.351. The average molecular weight is 321 g/mol. The van der Waals surface area contributed by atoms with Gasteiger partial charge in [-0.1, -0.05) is 55.0 Å². The monoisotopic (exact) mass is 321 g/mol. The predicted molar refractivity (Wildman–Crippen MR) is 103 cm³/mol. The number of nitrogens with zero attached hydrogens (tertiary/aromatic N) is 2. The van der Waals surface area contributed by atoms with Crippen LogP contribution in [0.4, 0.5) is 5.69 Å². The van der Waals surface area contributed by atoms with Gasteiger partial charge in [0.15, 0.2) is 0 Å². The van der Waals surface area contributed by atoms with Crippen LogP contribution >= 0.6 is 0 Å². The van der Waals surface area contributed by atoms with Crippen molar-refractivity contribution in [2.45, 2.75) is 31.6 Å². The van der Waals surface area contributed by atoms with Crippen molar-refractivity contribution in [1.82, 2.24) is 4.90 Å². The van der Waals surface area contributed by atoms with Crippen LogP contribution in [-0.2, 0) is 0 Å². The Bertz CT molecular complexity index is 603. The molecule has 1 fully saturated rings. The van der Waals surface area contributed by atoms with Crippen molar-refractivity contribution < 1.29 is 0 Å². The second kappa shape index (κ2) is 9.24. The Balaban J connectivity index is 1.61. The van der Waals surface area contributed by atoms with Crippen LogP contribution in [0.5, 0.6) is 0 Å². The third-order valence-electron chi connectivity index (χ3n) is 4.65. The van der Waals surface area contributed by atoms with E-state index in [1.807, 2.05) is 30.3 Å². The maximum atomic E-state index is 4.49. The van der Waals surface area contributed by atoms with Gasteiger partial charge in [-0.15, -0.1) is 0 Å². The van der Waals surface area contributed by atoms with Crippen LogP contribution < -0.4 is 5.43 Å². The number of nitrogens with one attached hydrogen (secondary N) is 1. The molecular weight excluding hydrogens is 294 g/mol. The molecular formula is C21H27N3. The minimum Gasteiger partial charge on any atom is -0.303 e. The molecule has 0 amide bonds. The lowest BCUT2D eigenvalue weighted by molar-refractivity contribution is 0.225. The molecule has 1 aliphatic heterocycles. The lowest BCUT2D eigenvalue weighted by atomic mass is 9.96. The molecule has 1 saturated heterocycles. The molecule has 1 atom stereocenters. The first-order chi connectivity index (χ1) is 11.9. The number of para-hydroxylation sites is 1. The third-order valence-corrected chi connectivity index (χ3v) is 4.65. The summed E-state index contributed by atoms with van der Waals surface area (Å²) >= 11 is 0. The molecule has 0 saturated carbocycles. The van der Waals surface area contributed by atoms with Gasteiger partial charge >= 0.3 is 0 Å². The number of hydrazone groups is 1. The highest BCUT2D eigenvalue weighted by molar-refractivity contribution is 5.69. The topological polar surface area (TPSA) is 27.6 Å². The van der Waals surface area contributed by atoms with E-state index in [0.29, 0.717) is 5.92 Å². The molecule has 1 N–H and O–H groups in total. The summed E-state index contributed by atoms with van der Waals surface area (Å²) in [5.41, 5.74) is 5.50. The Morgan fingerprint density at radius 2 is 1.58 bits per heavy atom. The Kier molecular flexibility index (Phi) is 6.43. The number of hydrogen-bond donors (Lipinski definition) is 1. The summed E-state index contributed by atoms with van der Waals surface area (Å²) in [6.45, 7) is 3.65. The van der Waals surface area contributed by atoms with Crippen molar-refractivity contribution in [2.75, 3.05) is 25.1 Å². The van der Waals surface area contributed by atoms with Crippen LogP contribution in [0.15, 0.2) is 65.8 Å². The van der Waals surface area contributed by atoms with Gasteiger partial charge in [-0.2, -0.15) is 5.10 Å². The maximum Gasteiger partial charge on any atom is 0.0561 e. The van der Waals surface area contributed by atoms with Crippen molar-refractivity contribution in [3.8, 4) is 0 Å². The summed E-state index contributed by atoms with van der Waals surface area (Å²) in [7, 11) is 0. The summed E-state index contributed by atoms with van der Waals surface area (Å²) < 4.78 is 0. The van der Waals surface area contributed by atoms with Crippen LogP contribution in [0.2, 0.25) is 0 Å². The fraction of sp³-hybridized carbons (Fsp3) is 0.381. The first-order valence-corrected chi connectivity index (χ1v) is 9.03. The number of piperidine rings is 1. The van der Waals surface area contributed by atoms with E-state index >= 15 is 0 Å². The minimum absolute atomic E-state index is 0.351. The van der Waals surface area contributed by atoms with Gasteiger partial charge in [0.25, 0.3) is 0 Å². The van der Waals surface area contributed by atoms with Gasteiger partial charge in [0.05, 0.1) is 5.69 Å². The van der Waals surface area contributed by atoms with Gasteiger partial charge in [0.1, 0.15) is 0 Å². The maximum absolute atomic E-state index is 4.49. The average Bonchev–Trinajstić information content (AvgIpc) is 2.67. The zero-order valence-corrected chi connectivity index (χ0v) is 14.3. The molecule has 1 aliphatic rings. The van der Waals surface area contributed by atoms with Gasteiger partial charge < -0.3 is 4.90 Å². The van der Waals surface area contributed by atoms with Gasteiger partial charge in [-0.05, 0) is 56.6 Å². The van der Waals surface area contributed by atoms with Gasteiger partial charge in [-0.25, -0.2) is 0 Å². The van der Waals surface area contributed by atoms with Crippen LogP contribution in [-0.4, -0.2) is 30.7 Å². The van der Waals surface area contributed by atoms with E-state index in [1.54, 1.807) is 0 Å². The molecule has 126 valence electrons. The molecule has 0 aliphatic carbocycles. The van der Waals surface area contributed by atoms with Crippen molar-refractivity contribution in [3.63, 3.8) is 0 Å². The van der Waals surface area contributed by atoms with E-state index in [0.717, 1.165) is 18.7 Å². The lowest BCUT2D eigenvalue weighted by Gasteiger charge is -2.27. The fourth-order valence-electron chi connectivity index (χ4n) is 3.25. The minimum atomic E-state index is 0.351. The number of benzene rings is 2. The highest BCUT2D eigenvalue weighted by atomic mass is 15.3. The molecule has 0 spiro atoms. The van der Waals surface area contributed by atoms with Crippen LogP contribution in [0.3, 0.4) is 0 Å². The molecule has 0 radical (unpaired) electrons. The van der Waals surface area contributed by atoms with Crippen molar-refractivity contribution in [2.24, 2.45) is 5.10 Å². The lowest BCUT2D eigenvalue weighted by Crippen LogP contribution is -2.31. The second-order valence-electron chi connectivity index (χ2n) is 6.46. The first-order valence-electron chi connectivity index (χ1n) is 9.03.